The molecule has 0 aromatic heterocycles. The van der Waals surface area contributed by atoms with Gasteiger partial charge in [-0.25, -0.2) is 13.1 Å². The second-order valence-electron chi connectivity index (χ2n) is 14.5. The quantitative estimate of drug-likeness (QED) is 0.118. The molecule has 2 amide bonds. The van der Waals surface area contributed by atoms with Gasteiger partial charge in [-0.3, -0.25) is 19.4 Å². The average Bonchev–Trinajstić information content (AvgIpc) is 3.71. The van der Waals surface area contributed by atoms with Gasteiger partial charge in [-0.05, 0) is 97.2 Å². The number of hydrogen-bond donors (Lipinski definition) is 2. The van der Waals surface area contributed by atoms with Crippen molar-refractivity contribution in [3.05, 3.63) is 137 Å². The Morgan fingerprint density at radius 2 is 1.53 bits per heavy atom. The lowest BCUT2D eigenvalue weighted by Crippen LogP contribution is -2.46. The van der Waals surface area contributed by atoms with Crippen LogP contribution < -0.4 is 24.4 Å². The first-order valence-electron chi connectivity index (χ1n) is 19.6. The van der Waals surface area contributed by atoms with E-state index >= 15 is 0 Å². The monoisotopic (exact) mass is 821 g/mol. The van der Waals surface area contributed by atoms with Gasteiger partial charge in [0.2, 0.25) is 0 Å². The van der Waals surface area contributed by atoms with Gasteiger partial charge < -0.3 is 19.7 Å². The number of benzene rings is 5. The van der Waals surface area contributed by atoms with E-state index in [0.29, 0.717) is 17.3 Å². The minimum Gasteiger partial charge on any atom is -0.496 e. The van der Waals surface area contributed by atoms with E-state index in [9.17, 15) is 18.0 Å². The molecule has 0 radical (unpaired) electrons. The predicted octanol–water partition coefficient (Wildman–Crippen LogP) is 7.46. The molecule has 2 fully saturated rings. The molecule has 0 spiro atoms. The van der Waals surface area contributed by atoms with Crippen molar-refractivity contribution in [2.24, 2.45) is 0 Å². The van der Waals surface area contributed by atoms with Crippen molar-refractivity contribution in [1.82, 2.24) is 19.8 Å². The molecule has 0 aliphatic carbocycles. The van der Waals surface area contributed by atoms with Gasteiger partial charge in [0.05, 0.1) is 23.1 Å². The van der Waals surface area contributed by atoms with Crippen LogP contribution in [0, 0.1) is 0 Å². The van der Waals surface area contributed by atoms with Gasteiger partial charge in [-0.15, -0.1) is 0 Å². The number of likely N-dealkylation sites (N-methyl/N-ethyl adjacent to an activating group) is 1. The highest BCUT2D eigenvalue weighted by atomic mass is 35.5. The number of anilines is 1. The summed E-state index contributed by atoms with van der Waals surface area (Å²) in [6, 6.07) is 34.7. The lowest BCUT2D eigenvalue weighted by Gasteiger charge is -2.36. The SMILES string of the molecule is CCN1CCCC1CNC(=O)c1cc(S(=O)(=O)NC(=O)c2ccc(N3CCN(Cc4ccccc4-c4ccc(Cl)cc4)CC3)cc2Oc2ccccc2)ccc1OC. The molecule has 5 aromatic rings. The molecule has 1 atom stereocenters. The molecule has 2 N–H and O–H groups in total. The van der Waals surface area contributed by atoms with Crippen LogP contribution in [0.5, 0.6) is 17.2 Å². The average molecular weight is 822 g/mol. The maximum Gasteiger partial charge on any atom is 0.268 e. The fourth-order valence-corrected chi connectivity index (χ4v) is 8.80. The number of methoxy groups -OCH3 is 1. The molecule has 2 heterocycles. The van der Waals surface area contributed by atoms with Crippen LogP contribution in [0.25, 0.3) is 11.1 Å². The van der Waals surface area contributed by atoms with Crippen LogP contribution in [0.15, 0.2) is 120 Å². The van der Waals surface area contributed by atoms with Crippen molar-refractivity contribution >= 4 is 39.1 Å². The molecule has 7 rings (SSSR count). The fourth-order valence-electron chi connectivity index (χ4n) is 7.69. The molecule has 2 aliphatic heterocycles. The number of para-hydroxylation sites is 1. The van der Waals surface area contributed by atoms with Gasteiger partial charge in [0.1, 0.15) is 17.2 Å². The van der Waals surface area contributed by atoms with E-state index in [1.165, 1.54) is 36.4 Å². The van der Waals surface area contributed by atoms with Gasteiger partial charge in [0.15, 0.2) is 0 Å². The number of sulfonamides is 1. The zero-order chi connectivity index (χ0) is 40.6. The summed E-state index contributed by atoms with van der Waals surface area (Å²) in [5.41, 5.74) is 4.47. The number of carbonyl (C=O) groups is 2. The van der Waals surface area contributed by atoms with Crippen molar-refractivity contribution in [2.45, 2.75) is 37.2 Å². The molecular formula is C45H48ClN5O6S. The van der Waals surface area contributed by atoms with Crippen molar-refractivity contribution in [3.63, 3.8) is 0 Å². The van der Waals surface area contributed by atoms with E-state index < -0.39 is 21.8 Å². The second-order valence-corrected chi connectivity index (χ2v) is 16.6. The first kappa shape index (κ1) is 40.8. The third-order valence-corrected chi connectivity index (χ3v) is 12.4. The first-order chi connectivity index (χ1) is 28.1. The first-order valence-corrected chi connectivity index (χ1v) is 21.4. The Morgan fingerprint density at radius 1 is 0.793 bits per heavy atom. The fraction of sp³-hybridized carbons (Fsp3) is 0.289. The summed E-state index contributed by atoms with van der Waals surface area (Å²) in [4.78, 5) is 33.9. The van der Waals surface area contributed by atoms with Gasteiger partial charge in [-0.1, -0.05) is 73.1 Å². The molecule has 302 valence electrons. The van der Waals surface area contributed by atoms with E-state index in [0.717, 1.165) is 69.9 Å². The van der Waals surface area contributed by atoms with Crippen LogP contribution in [-0.2, 0) is 16.6 Å². The number of likely N-dealkylation sites (tertiary alicyclic amines) is 1. The van der Waals surface area contributed by atoms with E-state index in [1.54, 1.807) is 24.3 Å². The molecule has 0 bridgehead atoms. The van der Waals surface area contributed by atoms with Crippen LogP contribution in [0.3, 0.4) is 0 Å². The predicted molar refractivity (Wildman–Crippen MR) is 228 cm³/mol. The van der Waals surface area contributed by atoms with Crippen molar-refractivity contribution in [1.29, 1.82) is 0 Å². The number of rotatable bonds is 14. The minimum absolute atomic E-state index is 0.0390. The highest BCUT2D eigenvalue weighted by Gasteiger charge is 2.28. The van der Waals surface area contributed by atoms with Crippen molar-refractivity contribution < 1.29 is 27.5 Å². The molecule has 1 unspecified atom stereocenters. The number of halogens is 1. The minimum atomic E-state index is -4.43. The van der Waals surface area contributed by atoms with Gasteiger partial charge in [-0.2, -0.15) is 0 Å². The molecule has 5 aromatic carbocycles. The van der Waals surface area contributed by atoms with E-state index in [4.69, 9.17) is 21.1 Å². The molecule has 2 aliphatic rings. The Bertz CT molecular complexity index is 2340. The maximum atomic E-state index is 13.8. The highest BCUT2D eigenvalue weighted by Crippen LogP contribution is 2.32. The van der Waals surface area contributed by atoms with Crippen molar-refractivity contribution in [2.75, 3.05) is 57.8 Å². The lowest BCUT2D eigenvalue weighted by atomic mass is 9.99. The highest BCUT2D eigenvalue weighted by molar-refractivity contribution is 7.90. The van der Waals surface area contributed by atoms with Gasteiger partial charge >= 0.3 is 0 Å². The summed E-state index contributed by atoms with van der Waals surface area (Å²) in [6.45, 7) is 8.27. The molecule has 2 saturated heterocycles. The Labute approximate surface area is 345 Å². The normalized spacial score (nSPS) is 16.2. The Balaban J connectivity index is 1.06. The summed E-state index contributed by atoms with van der Waals surface area (Å²) < 4.78 is 41.3. The van der Waals surface area contributed by atoms with Crippen LogP contribution in [0.2, 0.25) is 5.02 Å². The van der Waals surface area contributed by atoms with Crippen LogP contribution in [0.4, 0.5) is 5.69 Å². The Morgan fingerprint density at radius 3 is 2.28 bits per heavy atom. The molecule has 13 heteroatoms. The van der Waals surface area contributed by atoms with Crippen molar-refractivity contribution in [3.8, 4) is 28.4 Å². The number of carbonyl (C=O) groups excluding carboxylic acids is 2. The zero-order valence-corrected chi connectivity index (χ0v) is 34.3. The van der Waals surface area contributed by atoms with E-state index in [1.807, 2.05) is 54.6 Å². The van der Waals surface area contributed by atoms with Crippen LogP contribution >= 0.6 is 11.6 Å². The maximum absolute atomic E-state index is 13.8. The Kier molecular flexibility index (Phi) is 13.0. The number of amides is 2. The molecular weight excluding hydrogens is 774 g/mol. The zero-order valence-electron chi connectivity index (χ0n) is 32.7. The number of nitrogens with one attached hydrogen (secondary N) is 2. The third-order valence-electron chi connectivity index (χ3n) is 10.8. The van der Waals surface area contributed by atoms with Crippen LogP contribution in [-0.4, -0.2) is 89.0 Å². The number of ether oxygens (including phenoxy) is 2. The number of hydrogen-bond acceptors (Lipinski definition) is 9. The summed E-state index contributed by atoms with van der Waals surface area (Å²) in [5.74, 6) is -0.408. The van der Waals surface area contributed by atoms with Gasteiger partial charge in [0.25, 0.3) is 21.8 Å². The molecule has 58 heavy (non-hydrogen) atoms. The summed E-state index contributed by atoms with van der Waals surface area (Å²) in [7, 11) is -3.01. The van der Waals surface area contributed by atoms with E-state index in [2.05, 4.69) is 49.9 Å². The second kappa shape index (κ2) is 18.5. The summed E-state index contributed by atoms with van der Waals surface area (Å²) in [6.07, 6.45) is 2.03. The largest absolute Gasteiger partial charge is 0.496 e. The lowest BCUT2D eigenvalue weighted by molar-refractivity contribution is 0.0936. The molecule has 0 saturated carbocycles. The Hall–Kier alpha value is -5.40. The van der Waals surface area contributed by atoms with Gasteiger partial charge in [0, 0.05) is 62.1 Å². The summed E-state index contributed by atoms with van der Waals surface area (Å²) in [5, 5.41) is 3.65. The smallest absolute Gasteiger partial charge is 0.268 e. The number of piperazine rings is 1. The van der Waals surface area contributed by atoms with Crippen LogP contribution in [0.1, 0.15) is 46.0 Å². The third kappa shape index (κ3) is 9.65. The van der Waals surface area contributed by atoms with E-state index in [-0.39, 0.29) is 33.6 Å². The summed E-state index contributed by atoms with van der Waals surface area (Å²) >= 11 is 6.15. The topological polar surface area (TPSA) is 121 Å². The molecule has 11 nitrogen and oxygen atoms in total. The standard InChI is InChI=1S/C45H48ClN5O6S/c1-3-50-23-9-11-36(50)30-47-44(52)41-29-38(20-22-42(41)56-2)58(54,55)48-45(53)40-21-19-35(28-43(40)57-37-12-5-4-6-13-37)51-26-24-49(25-27-51)31-33-10-7-8-14-39(33)32-15-17-34(46)18-16-32/h4-8,10,12-22,28-29,36H,3,9,11,23-27,30-31H2,1-2H3,(H,47,52)(H,48,53). The number of nitrogens with zero attached hydrogens (tertiary/aromatic N) is 3.